The molecule has 1 fully saturated rings. The van der Waals surface area contributed by atoms with E-state index in [1.807, 2.05) is 30.3 Å². The minimum Gasteiger partial charge on any atom is -0.452 e. The molecule has 3 rings (SSSR count). The number of carbonyl (C=O) groups excluding carboxylic acids is 2. The van der Waals surface area contributed by atoms with Gasteiger partial charge in [0.1, 0.15) is 0 Å². The molecule has 31 heavy (non-hydrogen) atoms. The summed E-state index contributed by atoms with van der Waals surface area (Å²) in [5.74, 6) is -0.902. The highest BCUT2D eigenvalue weighted by Gasteiger charge is 2.26. The van der Waals surface area contributed by atoms with E-state index in [0.717, 1.165) is 4.90 Å². The molecule has 1 N–H and O–H groups in total. The third-order valence-electron chi connectivity index (χ3n) is 4.51. The van der Waals surface area contributed by atoms with Crippen LogP contribution in [0.2, 0.25) is 0 Å². The van der Waals surface area contributed by atoms with Crippen LogP contribution in [0.3, 0.4) is 0 Å². The van der Waals surface area contributed by atoms with Gasteiger partial charge >= 0.3 is 5.97 Å². The maximum Gasteiger partial charge on any atom is 0.317 e. The normalized spacial score (nSPS) is 15.8. The third kappa shape index (κ3) is 6.54. The Labute approximate surface area is 186 Å². The largest absolute Gasteiger partial charge is 0.452 e. The molecule has 1 unspecified atom stereocenters. The van der Waals surface area contributed by atoms with E-state index < -0.39 is 28.0 Å². The second kappa shape index (κ2) is 10.8. The summed E-state index contributed by atoms with van der Waals surface area (Å²) in [5, 5.41) is 2.63. The van der Waals surface area contributed by atoms with E-state index in [9.17, 15) is 18.0 Å². The van der Waals surface area contributed by atoms with E-state index in [4.69, 9.17) is 9.47 Å². The van der Waals surface area contributed by atoms with Crippen LogP contribution in [-0.4, -0.2) is 62.8 Å². The minimum absolute atomic E-state index is 0.0930. The molecule has 1 atom stereocenters. The van der Waals surface area contributed by atoms with Gasteiger partial charge in [-0.3, -0.25) is 9.59 Å². The fourth-order valence-electron chi connectivity index (χ4n) is 2.83. The number of sulfonamides is 1. The summed E-state index contributed by atoms with van der Waals surface area (Å²) in [5.41, 5.74) is 0.410. The molecule has 0 aromatic heterocycles. The van der Waals surface area contributed by atoms with Crippen molar-refractivity contribution in [3.63, 3.8) is 0 Å². The van der Waals surface area contributed by atoms with Gasteiger partial charge in [0, 0.05) is 23.7 Å². The molecular formula is C21H24N2O6S2. The van der Waals surface area contributed by atoms with Gasteiger partial charge in [-0.25, -0.2) is 8.42 Å². The molecule has 2 aromatic carbocycles. The molecule has 1 amide bonds. The molecule has 0 bridgehead atoms. The van der Waals surface area contributed by atoms with Crippen molar-refractivity contribution in [2.24, 2.45) is 0 Å². The predicted molar refractivity (Wildman–Crippen MR) is 117 cm³/mol. The number of carbonyl (C=O) groups is 2. The number of hydrogen-bond acceptors (Lipinski definition) is 7. The van der Waals surface area contributed by atoms with Gasteiger partial charge in [0.05, 0.1) is 23.9 Å². The summed E-state index contributed by atoms with van der Waals surface area (Å²) < 4.78 is 37.0. The van der Waals surface area contributed by atoms with Gasteiger partial charge in [-0.15, -0.1) is 11.8 Å². The standard InChI is InChI=1S/C21H24N2O6S2/c1-16(29-20(24)15-30-18-5-3-2-4-6-18)21(25)22-17-7-9-19(10-8-17)31(26,27)23-11-13-28-14-12-23/h2-10,16H,11-15H2,1H3,(H,22,25). The maximum atomic E-state index is 12.6. The number of morpholine rings is 1. The first kappa shape index (κ1) is 23.3. The Balaban J connectivity index is 1.50. The van der Waals surface area contributed by atoms with Crippen molar-refractivity contribution in [2.75, 3.05) is 37.4 Å². The van der Waals surface area contributed by atoms with Gasteiger partial charge in [0.25, 0.3) is 5.91 Å². The first-order valence-electron chi connectivity index (χ1n) is 9.72. The SMILES string of the molecule is CC(OC(=O)CSc1ccccc1)C(=O)Nc1ccc(S(=O)(=O)N2CCOCC2)cc1. The highest BCUT2D eigenvalue weighted by molar-refractivity contribution is 8.00. The third-order valence-corrected chi connectivity index (χ3v) is 7.41. The van der Waals surface area contributed by atoms with Crippen LogP contribution in [0.4, 0.5) is 5.69 Å². The van der Waals surface area contributed by atoms with Crippen LogP contribution in [0, 0.1) is 0 Å². The highest BCUT2D eigenvalue weighted by atomic mass is 32.2. The molecule has 0 aliphatic carbocycles. The molecule has 2 aromatic rings. The highest BCUT2D eigenvalue weighted by Crippen LogP contribution is 2.20. The second-order valence-corrected chi connectivity index (χ2v) is 9.75. The fourth-order valence-corrected chi connectivity index (χ4v) is 4.94. The molecule has 1 aliphatic heterocycles. The maximum absolute atomic E-state index is 12.6. The van der Waals surface area contributed by atoms with Crippen molar-refractivity contribution in [1.29, 1.82) is 0 Å². The molecule has 10 heteroatoms. The first-order valence-corrected chi connectivity index (χ1v) is 12.1. The number of nitrogens with one attached hydrogen (secondary N) is 1. The zero-order valence-corrected chi connectivity index (χ0v) is 18.7. The van der Waals surface area contributed by atoms with Gasteiger partial charge < -0.3 is 14.8 Å². The zero-order valence-electron chi connectivity index (χ0n) is 17.0. The molecule has 0 saturated carbocycles. The molecule has 1 saturated heterocycles. The number of thioether (sulfide) groups is 1. The van der Waals surface area contributed by atoms with Crippen molar-refractivity contribution in [1.82, 2.24) is 4.31 Å². The Morgan fingerprint density at radius 2 is 1.74 bits per heavy atom. The summed E-state index contributed by atoms with van der Waals surface area (Å²) >= 11 is 1.33. The topological polar surface area (TPSA) is 102 Å². The van der Waals surface area contributed by atoms with Crippen molar-refractivity contribution in [2.45, 2.75) is 22.8 Å². The van der Waals surface area contributed by atoms with Gasteiger partial charge in [-0.05, 0) is 43.3 Å². The zero-order chi connectivity index (χ0) is 22.3. The van der Waals surface area contributed by atoms with Gasteiger partial charge in [0.15, 0.2) is 6.10 Å². The van der Waals surface area contributed by atoms with Crippen LogP contribution in [0.15, 0.2) is 64.4 Å². The van der Waals surface area contributed by atoms with Gasteiger partial charge in [0.2, 0.25) is 10.0 Å². The molecule has 8 nitrogen and oxygen atoms in total. The van der Waals surface area contributed by atoms with E-state index in [0.29, 0.717) is 32.0 Å². The summed E-state index contributed by atoms with van der Waals surface area (Å²) in [4.78, 5) is 25.4. The average Bonchev–Trinajstić information content (AvgIpc) is 2.79. The van der Waals surface area contributed by atoms with Crippen LogP contribution >= 0.6 is 11.8 Å². The Morgan fingerprint density at radius 1 is 1.10 bits per heavy atom. The summed E-state index contributed by atoms with van der Waals surface area (Å²) in [7, 11) is -3.60. The lowest BCUT2D eigenvalue weighted by molar-refractivity contribution is -0.150. The number of ether oxygens (including phenoxy) is 2. The van der Waals surface area contributed by atoms with Crippen molar-refractivity contribution in [3.05, 3.63) is 54.6 Å². The Bertz CT molecular complexity index is 990. The van der Waals surface area contributed by atoms with Crippen LogP contribution < -0.4 is 5.32 Å². The smallest absolute Gasteiger partial charge is 0.317 e. The predicted octanol–water partition coefficient (Wildman–Crippen LogP) is 2.37. The number of benzene rings is 2. The van der Waals surface area contributed by atoms with Gasteiger partial charge in [-0.2, -0.15) is 4.31 Å². The Kier molecular flexibility index (Phi) is 8.08. The van der Waals surface area contributed by atoms with Crippen LogP contribution in [0.1, 0.15) is 6.92 Å². The monoisotopic (exact) mass is 464 g/mol. The number of rotatable bonds is 8. The fraction of sp³-hybridized carbons (Fsp3) is 0.333. The van der Waals surface area contributed by atoms with Crippen molar-refractivity contribution >= 4 is 39.3 Å². The number of hydrogen-bond donors (Lipinski definition) is 1. The van der Waals surface area contributed by atoms with E-state index >= 15 is 0 Å². The van der Waals surface area contributed by atoms with Crippen LogP contribution in [0.5, 0.6) is 0 Å². The molecule has 0 spiro atoms. The van der Waals surface area contributed by atoms with Crippen molar-refractivity contribution in [3.8, 4) is 0 Å². The number of esters is 1. The average molecular weight is 465 g/mol. The lowest BCUT2D eigenvalue weighted by Crippen LogP contribution is -2.40. The lowest BCUT2D eigenvalue weighted by Gasteiger charge is -2.26. The Morgan fingerprint density at radius 3 is 2.39 bits per heavy atom. The number of amides is 1. The van der Waals surface area contributed by atoms with Crippen molar-refractivity contribution < 1.29 is 27.5 Å². The van der Waals surface area contributed by atoms with E-state index in [1.165, 1.54) is 47.3 Å². The van der Waals surface area contributed by atoms with E-state index in [-0.39, 0.29) is 10.6 Å². The Hall–Kier alpha value is -2.40. The van der Waals surface area contributed by atoms with Crippen LogP contribution in [-0.2, 0) is 29.1 Å². The second-order valence-electron chi connectivity index (χ2n) is 6.76. The summed E-state index contributed by atoms with van der Waals surface area (Å²) in [6.45, 7) is 2.85. The minimum atomic E-state index is -3.60. The summed E-state index contributed by atoms with van der Waals surface area (Å²) in [6.07, 6.45) is -0.986. The summed E-state index contributed by atoms with van der Waals surface area (Å²) in [6, 6.07) is 15.3. The van der Waals surface area contributed by atoms with Gasteiger partial charge in [-0.1, -0.05) is 18.2 Å². The van der Waals surface area contributed by atoms with E-state index in [1.54, 1.807) is 0 Å². The first-order chi connectivity index (χ1) is 14.9. The lowest BCUT2D eigenvalue weighted by atomic mass is 10.3. The molecule has 0 radical (unpaired) electrons. The number of nitrogens with zero attached hydrogens (tertiary/aromatic N) is 1. The molecular weight excluding hydrogens is 440 g/mol. The molecule has 166 valence electrons. The molecule has 1 heterocycles. The molecule has 1 aliphatic rings. The van der Waals surface area contributed by atoms with E-state index in [2.05, 4.69) is 5.32 Å². The van der Waals surface area contributed by atoms with Crippen LogP contribution in [0.25, 0.3) is 0 Å². The quantitative estimate of drug-likeness (QED) is 0.473. The number of anilines is 1.